The van der Waals surface area contributed by atoms with E-state index < -0.39 is 11.4 Å². The standard InChI is InChI=1S/C12H13FN2O/c1-12(2,3)15-10-6-8(13)7-14-9(10)4-5-11(15)16/h4-7H,1-3H3. The molecule has 0 fully saturated rings. The largest absolute Gasteiger partial charge is 0.301 e. The Morgan fingerprint density at radius 3 is 2.62 bits per heavy atom. The molecule has 0 aliphatic carbocycles. The second-order valence-corrected chi connectivity index (χ2v) is 4.74. The Balaban J connectivity index is 2.94. The van der Waals surface area contributed by atoms with E-state index in [-0.39, 0.29) is 5.56 Å². The van der Waals surface area contributed by atoms with Crippen molar-refractivity contribution in [3.05, 3.63) is 40.6 Å². The number of aromatic nitrogens is 2. The van der Waals surface area contributed by atoms with Crippen molar-refractivity contribution in [2.45, 2.75) is 26.3 Å². The molecule has 0 unspecified atom stereocenters. The molecule has 0 spiro atoms. The molecule has 0 radical (unpaired) electrons. The zero-order chi connectivity index (χ0) is 11.9. The van der Waals surface area contributed by atoms with Crippen LogP contribution in [0.2, 0.25) is 0 Å². The Kier molecular flexibility index (Phi) is 2.30. The molecule has 2 aromatic heterocycles. The van der Waals surface area contributed by atoms with Gasteiger partial charge in [0.2, 0.25) is 0 Å². The Hall–Kier alpha value is -1.71. The molecule has 0 atom stereocenters. The summed E-state index contributed by atoms with van der Waals surface area (Å²) in [5.41, 5.74) is 0.606. The van der Waals surface area contributed by atoms with Gasteiger partial charge in [-0.05, 0) is 26.8 Å². The van der Waals surface area contributed by atoms with E-state index >= 15 is 0 Å². The number of nitrogens with zero attached hydrogens (tertiary/aromatic N) is 2. The molecule has 2 aromatic rings. The van der Waals surface area contributed by atoms with Crippen LogP contribution in [0.1, 0.15) is 20.8 Å². The predicted molar refractivity (Wildman–Crippen MR) is 61.0 cm³/mol. The van der Waals surface area contributed by atoms with Crippen LogP contribution in [-0.4, -0.2) is 9.55 Å². The lowest BCUT2D eigenvalue weighted by atomic mass is 10.1. The van der Waals surface area contributed by atoms with Crippen LogP contribution in [0, 0.1) is 5.82 Å². The molecule has 0 aliphatic heterocycles. The average Bonchev–Trinajstić information content (AvgIpc) is 2.14. The molecule has 0 N–H and O–H groups in total. The number of pyridine rings is 2. The summed E-state index contributed by atoms with van der Waals surface area (Å²) in [4.78, 5) is 15.8. The third kappa shape index (κ3) is 1.71. The SMILES string of the molecule is CC(C)(C)n1c(=O)ccc2ncc(F)cc21. The van der Waals surface area contributed by atoms with Crippen LogP contribution in [0.15, 0.2) is 29.2 Å². The third-order valence-corrected chi connectivity index (χ3v) is 2.38. The van der Waals surface area contributed by atoms with Crippen molar-refractivity contribution < 1.29 is 4.39 Å². The van der Waals surface area contributed by atoms with Crippen LogP contribution in [-0.2, 0) is 5.54 Å². The Labute approximate surface area is 92.5 Å². The summed E-state index contributed by atoms with van der Waals surface area (Å²) in [6.45, 7) is 5.70. The Morgan fingerprint density at radius 2 is 2.00 bits per heavy atom. The monoisotopic (exact) mass is 220 g/mol. The zero-order valence-electron chi connectivity index (χ0n) is 9.49. The van der Waals surface area contributed by atoms with Crippen molar-refractivity contribution in [1.29, 1.82) is 0 Å². The highest BCUT2D eigenvalue weighted by Crippen LogP contribution is 2.18. The number of hydrogen-bond acceptors (Lipinski definition) is 2. The predicted octanol–water partition coefficient (Wildman–Crippen LogP) is 2.29. The summed E-state index contributed by atoms with van der Waals surface area (Å²) < 4.78 is 14.7. The van der Waals surface area contributed by atoms with Crippen molar-refractivity contribution in [2.75, 3.05) is 0 Å². The quantitative estimate of drug-likeness (QED) is 0.682. The summed E-state index contributed by atoms with van der Waals surface area (Å²) >= 11 is 0. The Bertz CT molecular complexity index is 596. The average molecular weight is 220 g/mol. The second-order valence-electron chi connectivity index (χ2n) is 4.74. The fourth-order valence-corrected chi connectivity index (χ4v) is 1.78. The minimum Gasteiger partial charge on any atom is -0.301 e. The van der Waals surface area contributed by atoms with Gasteiger partial charge in [0.25, 0.3) is 5.56 Å². The van der Waals surface area contributed by atoms with Gasteiger partial charge in [-0.2, -0.15) is 0 Å². The normalized spacial score (nSPS) is 12.0. The second kappa shape index (κ2) is 3.40. The van der Waals surface area contributed by atoms with Gasteiger partial charge in [0.1, 0.15) is 5.82 Å². The van der Waals surface area contributed by atoms with E-state index in [1.807, 2.05) is 20.8 Å². The van der Waals surface area contributed by atoms with Crippen molar-refractivity contribution in [3.8, 4) is 0 Å². The molecule has 0 saturated heterocycles. The lowest BCUT2D eigenvalue weighted by Crippen LogP contribution is -2.33. The van der Waals surface area contributed by atoms with Crippen molar-refractivity contribution in [1.82, 2.24) is 9.55 Å². The van der Waals surface area contributed by atoms with Gasteiger partial charge in [-0.25, -0.2) is 4.39 Å². The van der Waals surface area contributed by atoms with E-state index in [0.717, 1.165) is 6.20 Å². The molecule has 0 saturated carbocycles. The van der Waals surface area contributed by atoms with Gasteiger partial charge in [0, 0.05) is 17.7 Å². The van der Waals surface area contributed by atoms with Gasteiger partial charge >= 0.3 is 0 Å². The third-order valence-electron chi connectivity index (χ3n) is 2.38. The maximum Gasteiger partial charge on any atom is 0.251 e. The lowest BCUT2D eigenvalue weighted by Gasteiger charge is -2.24. The number of hydrogen-bond donors (Lipinski definition) is 0. The van der Waals surface area contributed by atoms with Gasteiger partial charge in [-0.15, -0.1) is 0 Å². The molecule has 84 valence electrons. The first-order valence-corrected chi connectivity index (χ1v) is 5.07. The van der Waals surface area contributed by atoms with E-state index in [2.05, 4.69) is 4.98 Å². The van der Waals surface area contributed by atoms with Gasteiger partial charge < -0.3 is 4.57 Å². The maximum absolute atomic E-state index is 13.2. The van der Waals surface area contributed by atoms with E-state index in [0.29, 0.717) is 11.0 Å². The van der Waals surface area contributed by atoms with Gasteiger partial charge in [0.15, 0.2) is 0 Å². The van der Waals surface area contributed by atoms with E-state index in [1.165, 1.54) is 12.1 Å². The topological polar surface area (TPSA) is 34.9 Å². The van der Waals surface area contributed by atoms with Gasteiger partial charge in [0.05, 0.1) is 17.2 Å². The Morgan fingerprint density at radius 1 is 1.31 bits per heavy atom. The van der Waals surface area contributed by atoms with Crippen molar-refractivity contribution in [2.24, 2.45) is 0 Å². The summed E-state index contributed by atoms with van der Waals surface area (Å²) in [7, 11) is 0. The summed E-state index contributed by atoms with van der Waals surface area (Å²) in [6, 6.07) is 4.41. The highest BCUT2D eigenvalue weighted by molar-refractivity contribution is 5.74. The number of fused-ring (bicyclic) bond motifs is 1. The van der Waals surface area contributed by atoms with Gasteiger partial charge in [-0.1, -0.05) is 0 Å². The molecule has 2 heterocycles. The molecule has 0 amide bonds. The van der Waals surface area contributed by atoms with Crippen LogP contribution in [0.25, 0.3) is 11.0 Å². The molecule has 0 bridgehead atoms. The van der Waals surface area contributed by atoms with Crippen molar-refractivity contribution >= 4 is 11.0 Å². The van der Waals surface area contributed by atoms with Crippen LogP contribution in [0.3, 0.4) is 0 Å². The van der Waals surface area contributed by atoms with E-state index in [9.17, 15) is 9.18 Å². The molecule has 16 heavy (non-hydrogen) atoms. The molecule has 4 heteroatoms. The minimum absolute atomic E-state index is 0.146. The van der Waals surface area contributed by atoms with Crippen LogP contribution >= 0.6 is 0 Å². The number of rotatable bonds is 0. The molecule has 3 nitrogen and oxygen atoms in total. The summed E-state index contributed by atoms with van der Waals surface area (Å²) in [5, 5.41) is 0. The number of halogens is 1. The van der Waals surface area contributed by atoms with Crippen molar-refractivity contribution in [3.63, 3.8) is 0 Å². The smallest absolute Gasteiger partial charge is 0.251 e. The van der Waals surface area contributed by atoms with E-state index in [4.69, 9.17) is 0 Å². The molecular formula is C12H13FN2O. The highest BCUT2D eigenvalue weighted by atomic mass is 19.1. The summed E-state index contributed by atoms with van der Waals surface area (Å²) in [5.74, 6) is -0.434. The first-order chi connectivity index (χ1) is 7.39. The molecule has 2 rings (SSSR count). The van der Waals surface area contributed by atoms with Crippen LogP contribution in [0.4, 0.5) is 4.39 Å². The van der Waals surface area contributed by atoms with E-state index in [1.54, 1.807) is 10.6 Å². The summed E-state index contributed by atoms with van der Waals surface area (Å²) in [6.07, 6.45) is 1.15. The molecule has 0 aliphatic rings. The lowest BCUT2D eigenvalue weighted by molar-refractivity contribution is 0.397. The first kappa shape index (κ1) is 10.8. The zero-order valence-corrected chi connectivity index (χ0v) is 9.49. The minimum atomic E-state index is -0.434. The first-order valence-electron chi connectivity index (χ1n) is 5.07. The van der Waals surface area contributed by atoms with Crippen LogP contribution < -0.4 is 5.56 Å². The molecule has 0 aromatic carbocycles. The molecular weight excluding hydrogens is 207 g/mol. The maximum atomic E-state index is 13.2. The van der Waals surface area contributed by atoms with Crippen LogP contribution in [0.5, 0.6) is 0 Å². The van der Waals surface area contributed by atoms with Gasteiger partial charge in [-0.3, -0.25) is 9.78 Å². The highest BCUT2D eigenvalue weighted by Gasteiger charge is 2.17. The fraction of sp³-hybridized carbons (Fsp3) is 0.333. The fourth-order valence-electron chi connectivity index (χ4n) is 1.78.